The van der Waals surface area contributed by atoms with E-state index >= 15 is 0 Å². The van der Waals surface area contributed by atoms with E-state index in [2.05, 4.69) is 4.99 Å². The van der Waals surface area contributed by atoms with E-state index in [1.807, 2.05) is 30.3 Å². The summed E-state index contributed by atoms with van der Waals surface area (Å²) in [6.07, 6.45) is 6.94. The summed E-state index contributed by atoms with van der Waals surface area (Å²) >= 11 is 1.28. The highest BCUT2D eigenvalue weighted by Gasteiger charge is 2.38. The smallest absolute Gasteiger partial charge is 0.269 e. The Balaban J connectivity index is 1.32. The SMILES string of the molecule is O=C1/C(=C/c2ccc(OCc3ccc([N+](=O)[O-])cc3)cc2)SC(=Nc2ccccc2F)N1C1CCCCC1. The number of nitro benzene ring substituents is 1. The molecule has 5 rings (SSSR count). The zero-order chi connectivity index (χ0) is 26.5. The Labute approximate surface area is 224 Å². The molecule has 1 saturated heterocycles. The number of carbonyl (C=O) groups excluding carboxylic acids is 1. The minimum absolute atomic E-state index is 0.0367. The number of nitrogens with zero attached hydrogens (tertiary/aromatic N) is 3. The van der Waals surface area contributed by atoms with E-state index in [0.717, 1.165) is 43.2 Å². The third kappa shape index (κ3) is 5.94. The van der Waals surface area contributed by atoms with E-state index in [1.165, 1.54) is 30.0 Å². The van der Waals surface area contributed by atoms with Crippen molar-refractivity contribution >= 4 is 40.3 Å². The molecule has 3 aromatic rings. The van der Waals surface area contributed by atoms with Crippen molar-refractivity contribution in [2.45, 2.75) is 44.8 Å². The molecule has 1 aliphatic carbocycles. The van der Waals surface area contributed by atoms with Crippen molar-refractivity contribution in [1.82, 2.24) is 4.90 Å². The Kier molecular flexibility index (Phi) is 7.83. The summed E-state index contributed by atoms with van der Waals surface area (Å²) in [7, 11) is 0. The van der Waals surface area contributed by atoms with Gasteiger partial charge in [-0.1, -0.05) is 43.5 Å². The fraction of sp³-hybridized carbons (Fsp3) is 0.241. The van der Waals surface area contributed by atoms with E-state index in [4.69, 9.17) is 4.74 Å². The summed E-state index contributed by atoms with van der Waals surface area (Å²) in [5.74, 6) is 0.121. The van der Waals surface area contributed by atoms with Gasteiger partial charge in [0.05, 0.1) is 9.83 Å². The number of amidine groups is 1. The van der Waals surface area contributed by atoms with Gasteiger partial charge in [-0.3, -0.25) is 19.8 Å². The summed E-state index contributed by atoms with van der Waals surface area (Å²) in [5.41, 5.74) is 1.91. The molecule has 3 aromatic carbocycles. The molecule has 2 aliphatic rings. The van der Waals surface area contributed by atoms with Crippen LogP contribution in [0.3, 0.4) is 0 Å². The first-order valence-electron chi connectivity index (χ1n) is 12.5. The Morgan fingerprint density at radius 3 is 2.42 bits per heavy atom. The summed E-state index contributed by atoms with van der Waals surface area (Å²) < 4.78 is 20.1. The van der Waals surface area contributed by atoms with Crippen LogP contribution >= 0.6 is 11.8 Å². The number of hydrogen-bond donors (Lipinski definition) is 0. The monoisotopic (exact) mass is 531 g/mol. The first-order chi connectivity index (χ1) is 18.5. The molecule has 0 unspecified atom stereocenters. The molecular formula is C29H26FN3O4S. The van der Waals surface area contributed by atoms with Crippen LogP contribution in [-0.4, -0.2) is 26.9 Å². The average Bonchev–Trinajstić information content (AvgIpc) is 3.24. The maximum absolute atomic E-state index is 14.3. The molecule has 9 heteroatoms. The summed E-state index contributed by atoms with van der Waals surface area (Å²) in [4.78, 5) is 30.7. The van der Waals surface area contributed by atoms with Crippen LogP contribution in [-0.2, 0) is 11.4 Å². The van der Waals surface area contributed by atoms with Crippen LogP contribution in [0.4, 0.5) is 15.8 Å². The third-order valence-electron chi connectivity index (χ3n) is 6.58. The van der Waals surface area contributed by atoms with Gasteiger partial charge < -0.3 is 4.74 Å². The zero-order valence-electron chi connectivity index (χ0n) is 20.6. The van der Waals surface area contributed by atoms with Crippen molar-refractivity contribution in [3.05, 3.63) is 105 Å². The molecule has 0 spiro atoms. The third-order valence-corrected chi connectivity index (χ3v) is 7.56. The van der Waals surface area contributed by atoms with Crippen molar-refractivity contribution in [3.8, 4) is 5.75 Å². The number of carbonyl (C=O) groups is 1. The number of ether oxygens (including phenoxy) is 1. The molecule has 0 radical (unpaired) electrons. The van der Waals surface area contributed by atoms with Gasteiger partial charge in [0.15, 0.2) is 5.17 Å². The van der Waals surface area contributed by atoms with Gasteiger partial charge in [0.1, 0.15) is 23.9 Å². The lowest BCUT2D eigenvalue weighted by molar-refractivity contribution is -0.384. The molecule has 2 fully saturated rings. The van der Waals surface area contributed by atoms with Gasteiger partial charge >= 0.3 is 0 Å². The van der Waals surface area contributed by atoms with Gasteiger partial charge in [0.2, 0.25) is 0 Å². The Bertz CT molecular complexity index is 1380. The highest BCUT2D eigenvalue weighted by molar-refractivity contribution is 8.18. The van der Waals surface area contributed by atoms with Crippen LogP contribution in [0.5, 0.6) is 5.75 Å². The molecule has 0 aromatic heterocycles. The van der Waals surface area contributed by atoms with E-state index < -0.39 is 10.7 Å². The van der Waals surface area contributed by atoms with Crippen LogP contribution in [0.15, 0.2) is 82.7 Å². The molecule has 194 valence electrons. The molecule has 7 nitrogen and oxygen atoms in total. The van der Waals surface area contributed by atoms with E-state index in [9.17, 15) is 19.3 Å². The van der Waals surface area contributed by atoms with Gasteiger partial charge in [-0.2, -0.15) is 0 Å². The second kappa shape index (κ2) is 11.6. The molecule has 1 amide bonds. The van der Waals surface area contributed by atoms with Crippen molar-refractivity contribution in [2.24, 2.45) is 4.99 Å². The fourth-order valence-electron chi connectivity index (χ4n) is 4.56. The Morgan fingerprint density at radius 1 is 1.03 bits per heavy atom. The lowest BCUT2D eigenvalue weighted by atomic mass is 9.94. The van der Waals surface area contributed by atoms with Crippen molar-refractivity contribution in [2.75, 3.05) is 0 Å². The van der Waals surface area contributed by atoms with Gasteiger partial charge in [-0.15, -0.1) is 0 Å². The molecule has 38 heavy (non-hydrogen) atoms. The van der Waals surface area contributed by atoms with Crippen molar-refractivity contribution in [1.29, 1.82) is 0 Å². The Morgan fingerprint density at radius 2 is 1.74 bits per heavy atom. The second-order valence-electron chi connectivity index (χ2n) is 9.20. The van der Waals surface area contributed by atoms with Crippen LogP contribution in [0.25, 0.3) is 6.08 Å². The van der Waals surface area contributed by atoms with Crippen LogP contribution in [0, 0.1) is 15.9 Å². The topological polar surface area (TPSA) is 85.0 Å². The lowest BCUT2D eigenvalue weighted by Gasteiger charge is -2.30. The number of thioether (sulfide) groups is 1. The minimum atomic E-state index is -0.436. The number of aliphatic imine (C=N–C) groups is 1. The van der Waals surface area contributed by atoms with Gasteiger partial charge in [0.25, 0.3) is 11.6 Å². The summed E-state index contributed by atoms with van der Waals surface area (Å²) in [6, 6.07) is 20.0. The molecule has 0 atom stereocenters. The van der Waals surface area contributed by atoms with E-state index in [-0.39, 0.29) is 29.9 Å². The first kappa shape index (κ1) is 25.7. The molecule has 1 saturated carbocycles. The highest BCUT2D eigenvalue weighted by Crippen LogP contribution is 2.39. The normalized spacial score (nSPS) is 18.3. The van der Waals surface area contributed by atoms with Crippen LogP contribution < -0.4 is 4.74 Å². The predicted octanol–water partition coefficient (Wildman–Crippen LogP) is 7.25. The Hall–Kier alpha value is -3.98. The average molecular weight is 532 g/mol. The van der Waals surface area contributed by atoms with Crippen LogP contribution in [0.1, 0.15) is 43.2 Å². The molecule has 0 N–H and O–H groups in total. The fourth-order valence-corrected chi connectivity index (χ4v) is 5.62. The summed E-state index contributed by atoms with van der Waals surface area (Å²) in [6.45, 7) is 0.277. The number of nitro groups is 1. The second-order valence-corrected chi connectivity index (χ2v) is 10.2. The standard InChI is InChI=1S/C29H26FN3O4S/c30-25-8-4-5-9-26(25)31-29-32(22-6-2-1-3-7-22)28(34)27(38-29)18-20-12-16-24(17-13-20)37-19-21-10-14-23(15-11-21)33(35)36/h4-5,8-18,22H,1-3,6-7,19H2/b27-18-,31-29?. The number of halogens is 1. The number of non-ortho nitro benzene ring substituents is 1. The predicted molar refractivity (Wildman–Crippen MR) is 147 cm³/mol. The van der Waals surface area contributed by atoms with Gasteiger partial charge in [-0.25, -0.2) is 9.38 Å². The van der Waals surface area contributed by atoms with Crippen molar-refractivity contribution < 1.29 is 18.8 Å². The minimum Gasteiger partial charge on any atom is -0.489 e. The molecule has 0 bridgehead atoms. The molecule has 1 aliphatic heterocycles. The number of hydrogen-bond acceptors (Lipinski definition) is 6. The maximum Gasteiger partial charge on any atom is 0.269 e. The molecule has 1 heterocycles. The summed E-state index contributed by atoms with van der Waals surface area (Å²) in [5, 5.41) is 11.3. The first-order valence-corrected chi connectivity index (χ1v) is 13.3. The largest absolute Gasteiger partial charge is 0.489 e. The quantitative estimate of drug-likeness (QED) is 0.182. The number of rotatable bonds is 7. The van der Waals surface area contributed by atoms with Gasteiger partial charge in [0, 0.05) is 18.2 Å². The van der Waals surface area contributed by atoms with E-state index in [1.54, 1.807) is 35.2 Å². The number of amides is 1. The maximum atomic E-state index is 14.3. The zero-order valence-corrected chi connectivity index (χ0v) is 21.4. The number of benzene rings is 3. The van der Waals surface area contributed by atoms with Gasteiger partial charge in [-0.05, 0) is 78.2 Å². The molecular weight excluding hydrogens is 505 g/mol. The van der Waals surface area contributed by atoms with E-state index in [0.29, 0.717) is 15.8 Å². The van der Waals surface area contributed by atoms with Crippen LogP contribution in [0.2, 0.25) is 0 Å². The lowest BCUT2D eigenvalue weighted by Crippen LogP contribution is -2.40. The number of para-hydroxylation sites is 1. The van der Waals surface area contributed by atoms with Crippen molar-refractivity contribution in [3.63, 3.8) is 0 Å². The highest BCUT2D eigenvalue weighted by atomic mass is 32.2.